The third-order valence-electron chi connectivity index (χ3n) is 3.13. The van der Waals surface area contributed by atoms with Crippen molar-refractivity contribution in [2.24, 2.45) is 0 Å². The van der Waals surface area contributed by atoms with Gasteiger partial charge < -0.3 is 19.5 Å². The van der Waals surface area contributed by atoms with Gasteiger partial charge in [0.15, 0.2) is 0 Å². The number of methoxy groups -OCH3 is 2. The van der Waals surface area contributed by atoms with E-state index in [4.69, 9.17) is 25.8 Å². The predicted molar refractivity (Wildman–Crippen MR) is 90.1 cm³/mol. The van der Waals surface area contributed by atoms with Gasteiger partial charge in [-0.2, -0.15) is 0 Å². The minimum Gasteiger partial charge on any atom is -0.495 e. The van der Waals surface area contributed by atoms with Gasteiger partial charge in [0.05, 0.1) is 31.5 Å². The van der Waals surface area contributed by atoms with Crippen molar-refractivity contribution in [3.05, 3.63) is 47.0 Å². The van der Waals surface area contributed by atoms with Crippen LogP contribution in [0.1, 0.15) is 17.3 Å². The Labute approximate surface area is 140 Å². The Bertz CT molecular complexity index is 703. The van der Waals surface area contributed by atoms with Crippen molar-refractivity contribution < 1.29 is 19.0 Å². The highest BCUT2D eigenvalue weighted by Gasteiger charge is 2.14. The molecule has 2 aromatic rings. The molecule has 0 heterocycles. The third kappa shape index (κ3) is 4.07. The third-order valence-corrected chi connectivity index (χ3v) is 3.42. The quantitative estimate of drug-likeness (QED) is 0.866. The molecule has 1 amide bonds. The normalized spacial score (nSPS) is 10.1. The molecule has 0 saturated heterocycles. The summed E-state index contributed by atoms with van der Waals surface area (Å²) in [6.45, 7) is 2.42. The summed E-state index contributed by atoms with van der Waals surface area (Å²) < 4.78 is 15.8. The lowest BCUT2D eigenvalue weighted by Gasteiger charge is -2.13. The largest absolute Gasteiger partial charge is 0.495 e. The Kier molecular flexibility index (Phi) is 5.71. The highest BCUT2D eigenvalue weighted by molar-refractivity contribution is 6.32. The van der Waals surface area contributed by atoms with Gasteiger partial charge in [0.25, 0.3) is 5.91 Å². The fourth-order valence-electron chi connectivity index (χ4n) is 2.05. The summed E-state index contributed by atoms with van der Waals surface area (Å²) in [5.74, 6) is 1.28. The molecule has 2 rings (SSSR count). The van der Waals surface area contributed by atoms with Crippen LogP contribution in [0.3, 0.4) is 0 Å². The van der Waals surface area contributed by atoms with Crippen molar-refractivity contribution in [2.75, 3.05) is 26.1 Å². The molecule has 23 heavy (non-hydrogen) atoms. The lowest BCUT2D eigenvalue weighted by atomic mass is 10.2. The van der Waals surface area contributed by atoms with Crippen molar-refractivity contribution in [3.8, 4) is 17.2 Å². The van der Waals surface area contributed by atoms with Gasteiger partial charge in [0.1, 0.15) is 17.2 Å². The lowest BCUT2D eigenvalue weighted by molar-refractivity contribution is 0.102. The fourth-order valence-corrected chi connectivity index (χ4v) is 2.29. The van der Waals surface area contributed by atoms with Gasteiger partial charge in [-0.25, -0.2) is 0 Å². The second kappa shape index (κ2) is 7.74. The number of rotatable bonds is 6. The van der Waals surface area contributed by atoms with Gasteiger partial charge in [0, 0.05) is 11.6 Å². The van der Waals surface area contributed by atoms with Crippen LogP contribution in [0.4, 0.5) is 5.69 Å². The number of carbonyl (C=O) groups is 1. The zero-order valence-corrected chi connectivity index (χ0v) is 13.9. The number of ether oxygens (including phenoxy) is 3. The maximum absolute atomic E-state index is 12.4. The van der Waals surface area contributed by atoms with Gasteiger partial charge in [-0.15, -0.1) is 0 Å². The number of carbonyl (C=O) groups excluding carboxylic acids is 1. The molecule has 0 atom stereocenters. The Morgan fingerprint density at radius 3 is 2.52 bits per heavy atom. The summed E-state index contributed by atoms with van der Waals surface area (Å²) in [6, 6.07) is 10.1. The van der Waals surface area contributed by atoms with Gasteiger partial charge in [-0.05, 0) is 31.2 Å². The van der Waals surface area contributed by atoms with Crippen molar-refractivity contribution >= 4 is 23.2 Å². The first-order valence-electron chi connectivity index (χ1n) is 7.04. The Morgan fingerprint density at radius 2 is 1.87 bits per heavy atom. The van der Waals surface area contributed by atoms with Crippen LogP contribution in [0.25, 0.3) is 0 Å². The van der Waals surface area contributed by atoms with Crippen LogP contribution >= 0.6 is 11.6 Å². The number of hydrogen-bond donors (Lipinski definition) is 1. The molecule has 0 bridgehead atoms. The molecule has 0 spiro atoms. The molecule has 0 radical (unpaired) electrons. The van der Waals surface area contributed by atoms with E-state index in [-0.39, 0.29) is 5.91 Å². The van der Waals surface area contributed by atoms with Crippen LogP contribution in [-0.2, 0) is 0 Å². The molecule has 1 N–H and O–H groups in total. The summed E-state index contributed by atoms with van der Waals surface area (Å²) in [5.41, 5.74) is 0.940. The average Bonchev–Trinajstić information content (AvgIpc) is 2.55. The molecule has 0 aromatic heterocycles. The monoisotopic (exact) mass is 335 g/mol. The zero-order valence-electron chi connectivity index (χ0n) is 13.2. The number of benzene rings is 2. The van der Waals surface area contributed by atoms with E-state index in [9.17, 15) is 4.79 Å². The molecule has 6 heteroatoms. The molecule has 5 nitrogen and oxygen atoms in total. The minimum atomic E-state index is -0.286. The van der Waals surface area contributed by atoms with Crippen molar-refractivity contribution in [1.82, 2.24) is 0 Å². The SMILES string of the molecule is CCOc1cccc(C(=O)Nc2cc(Cl)c(OC)cc2OC)c1. The van der Waals surface area contributed by atoms with Gasteiger partial charge in [-0.3, -0.25) is 4.79 Å². The maximum atomic E-state index is 12.4. The molecule has 0 aliphatic heterocycles. The highest BCUT2D eigenvalue weighted by Crippen LogP contribution is 2.36. The van der Waals surface area contributed by atoms with E-state index < -0.39 is 0 Å². The Morgan fingerprint density at radius 1 is 1.13 bits per heavy atom. The molecule has 0 saturated carbocycles. The number of anilines is 1. The molecule has 0 unspecified atom stereocenters. The first-order chi connectivity index (χ1) is 11.1. The summed E-state index contributed by atoms with van der Waals surface area (Å²) in [4.78, 5) is 12.4. The van der Waals surface area contributed by atoms with Gasteiger partial charge >= 0.3 is 0 Å². The smallest absolute Gasteiger partial charge is 0.255 e. The molecule has 0 fully saturated rings. The molecular weight excluding hydrogens is 318 g/mol. The number of amides is 1. The first kappa shape index (κ1) is 17.0. The van der Waals surface area contributed by atoms with Crippen LogP contribution in [0.15, 0.2) is 36.4 Å². The van der Waals surface area contributed by atoms with Gasteiger partial charge in [-0.1, -0.05) is 17.7 Å². The van der Waals surface area contributed by atoms with E-state index in [0.29, 0.717) is 40.1 Å². The number of hydrogen-bond acceptors (Lipinski definition) is 4. The summed E-state index contributed by atoms with van der Waals surface area (Å²) in [5, 5.41) is 3.16. The maximum Gasteiger partial charge on any atom is 0.255 e. The van der Waals surface area contributed by atoms with Crippen LogP contribution in [0.5, 0.6) is 17.2 Å². The summed E-state index contributed by atoms with van der Waals surface area (Å²) in [7, 11) is 3.02. The minimum absolute atomic E-state index is 0.286. The Hall–Kier alpha value is -2.40. The highest BCUT2D eigenvalue weighted by atomic mass is 35.5. The fraction of sp³-hybridized carbons (Fsp3) is 0.235. The van der Waals surface area contributed by atoms with Crippen LogP contribution in [-0.4, -0.2) is 26.7 Å². The zero-order chi connectivity index (χ0) is 16.8. The predicted octanol–water partition coefficient (Wildman–Crippen LogP) is 4.01. The average molecular weight is 336 g/mol. The van der Waals surface area contributed by atoms with Crippen molar-refractivity contribution in [1.29, 1.82) is 0 Å². The van der Waals surface area contributed by atoms with Crippen LogP contribution < -0.4 is 19.5 Å². The lowest BCUT2D eigenvalue weighted by Crippen LogP contribution is -2.13. The van der Waals surface area contributed by atoms with Crippen molar-refractivity contribution in [3.63, 3.8) is 0 Å². The summed E-state index contributed by atoms with van der Waals surface area (Å²) in [6.07, 6.45) is 0. The number of nitrogens with one attached hydrogen (secondary N) is 1. The second-order valence-corrected chi connectivity index (χ2v) is 5.01. The summed E-state index contributed by atoms with van der Waals surface area (Å²) >= 11 is 6.10. The standard InChI is InChI=1S/C17H18ClNO4/c1-4-23-12-7-5-6-11(8-12)17(20)19-14-9-13(18)15(21-2)10-16(14)22-3/h5-10H,4H2,1-3H3,(H,19,20). The van der Waals surface area contributed by atoms with E-state index in [1.165, 1.54) is 14.2 Å². The molecule has 0 aliphatic rings. The number of halogens is 1. The first-order valence-corrected chi connectivity index (χ1v) is 7.42. The van der Waals surface area contributed by atoms with Crippen molar-refractivity contribution in [2.45, 2.75) is 6.92 Å². The second-order valence-electron chi connectivity index (χ2n) is 4.60. The van der Waals surface area contributed by atoms with E-state index in [1.54, 1.807) is 36.4 Å². The molecule has 122 valence electrons. The van der Waals surface area contributed by atoms with E-state index in [1.807, 2.05) is 6.92 Å². The topological polar surface area (TPSA) is 56.8 Å². The van der Waals surface area contributed by atoms with E-state index in [2.05, 4.69) is 5.32 Å². The van der Waals surface area contributed by atoms with E-state index in [0.717, 1.165) is 0 Å². The molecule has 0 aliphatic carbocycles. The molecular formula is C17H18ClNO4. The molecule has 2 aromatic carbocycles. The van der Waals surface area contributed by atoms with E-state index >= 15 is 0 Å². The van der Waals surface area contributed by atoms with Crippen LogP contribution in [0.2, 0.25) is 5.02 Å². The Balaban J connectivity index is 2.26. The van der Waals surface area contributed by atoms with Crippen LogP contribution in [0, 0.1) is 0 Å². The van der Waals surface area contributed by atoms with Gasteiger partial charge in [0.2, 0.25) is 0 Å².